The normalized spacial score (nSPS) is 21.3. The fourth-order valence-corrected chi connectivity index (χ4v) is 4.97. The summed E-state index contributed by atoms with van der Waals surface area (Å²) < 4.78 is 15.3. The summed E-state index contributed by atoms with van der Waals surface area (Å²) in [5, 5.41) is 15.4. The van der Waals surface area contributed by atoms with Gasteiger partial charge in [0.25, 0.3) is 5.91 Å². The molecule has 3 aromatic rings. The summed E-state index contributed by atoms with van der Waals surface area (Å²) in [6, 6.07) is 8.03. The van der Waals surface area contributed by atoms with Crippen LogP contribution in [0.3, 0.4) is 0 Å². The van der Waals surface area contributed by atoms with Gasteiger partial charge in [-0.25, -0.2) is 4.39 Å². The number of fused-ring (bicyclic) bond motifs is 2. The number of likely N-dealkylation sites (tertiary alicyclic amines) is 1. The highest BCUT2D eigenvalue weighted by Crippen LogP contribution is 2.33. The second-order valence-electron chi connectivity index (χ2n) is 7.56. The van der Waals surface area contributed by atoms with Crippen molar-refractivity contribution in [2.75, 3.05) is 18.4 Å². The van der Waals surface area contributed by atoms with Crippen LogP contribution in [0.1, 0.15) is 22.0 Å². The third-order valence-corrected chi connectivity index (χ3v) is 6.35. The Morgan fingerprint density at radius 1 is 1.21 bits per heavy atom. The number of carbonyl (C=O) groups is 1. The fourth-order valence-electron chi connectivity index (χ4n) is 4.31. The van der Waals surface area contributed by atoms with E-state index in [1.165, 1.54) is 17.7 Å². The molecule has 144 valence electrons. The van der Waals surface area contributed by atoms with E-state index >= 15 is 0 Å². The van der Waals surface area contributed by atoms with Crippen molar-refractivity contribution in [2.45, 2.75) is 19.5 Å². The molecular formula is C20H20FN5OS. The highest BCUT2D eigenvalue weighted by Gasteiger charge is 2.39. The van der Waals surface area contributed by atoms with Crippen LogP contribution in [0.4, 0.5) is 10.1 Å². The maximum Gasteiger partial charge on any atom is 0.293 e. The van der Waals surface area contributed by atoms with Gasteiger partial charge in [-0.1, -0.05) is 6.07 Å². The molecule has 6 nitrogen and oxygen atoms in total. The van der Waals surface area contributed by atoms with E-state index in [-0.39, 0.29) is 11.7 Å². The number of carbonyl (C=O) groups excluding carboxylic acids is 1. The first kappa shape index (κ1) is 17.5. The molecule has 0 saturated carbocycles. The molecule has 2 aliphatic heterocycles. The Bertz CT molecular complexity index is 1000. The Balaban J connectivity index is 1.29. The number of rotatable bonds is 4. The molecule has 28 heavy (non-hydrogen) atoms. The van der Waals surface area contributed by atoms with E-state index < -0.39 is 0 Å². The van der Waals surface area contributed by atoms with Crippen molar-refractivity contribution in [3.05, 3.63) is 64.1 Å². The van der Waals surface area contributed by atoms with Crippen LogP contribution in [0.5, 0.6) is 0 Å². The summed E-state index contributed by atoms with van der Waals surface area (Å²) in [6.45, 7) is 3.80. The van der Waals surface area contributed by atoms with Crippen LogP contribution in [0.15, 0.2) is 41.1 Å². The predicted octanol–water partition coefficient (Wildman–Crippen LogP) is 3.04. The number of anilines is 1. The molecule has 4 heterocycles. The summed E-state index contributed by atoms with van der Waals surface area (Å²) in [7, 11) is 0. The zero-order valence-corrected chi connectivity index (χ0v) is 16.0. The van der Waals surface area contributed by atoms with Crippen molar-refractivity contribution in [3.8, 4) is 0 Å². The largest absolute Gasteiger partial charge is 0.319 e. The molecule has 2 aliphatic rings. The van der Waals surface area contributed by atoms with E-state index in [0.29, 0.717) is 23.3 Å². The van der Waals surface area contributed by atoms with Crippen LogP contribution in [0, 0.1) is 17.7 Å². The van der Waals surface area contributed by atoms with E-state index in [1.54, 1.807) is 23.5 Å². The molecular weight excluding hydrogens is 377 g/mol. The topological polar surface area (TPSA) is 63.1 Å². The predicted molar refractivity (Wildman–Crippen MR) is 105 cm³/mol. The summed E-state index contributed by atoms with van der Waals surface area (Å²) in [5.41, 5.74) is 1.78. The minimum atomic E-state index is -0.388. The Kier molecular flexibility index (Phi) is 4.44. The van der Waals surface area contributed by atoms with E-state index in [0.717, 1.165) is 38.4 Å². The average Bonchev–Trinajstić information content (AvgIpc) is 3.39. The molecule has 8 heteroatoms. The Morgan fingerprint density at radius 3 is 2.93 bits per heavy atom. The molecule has 2 atom stereocenters. The van der Waals surface area contributed by atoms with Crippen LogP contribution >= 0.6 is 11.3 Å². The van der Waals surface area contributed by atoms with Gasteiger partial charge in [0.05, 0.1) is 0 Å². The quantitative estimate of drug-likeness (QED) is 0.735. The number of nitrogens with one attached hydrogen (secondary N) is 1. The minimum absolute atomic E-state index is 0.300. The van der Waals surface area contributed by atoms with Gasteiger partial charge in [0, 0.05) is 38.3 Å². The summed E-state index contributed by atoms with van der Waals surface area (Å²) >= 11 is 1.73. The van der Waals surface area contributed by atoms with Gasteiger partial charge < -0.3 is 9.88 Å². The Morgan fingerprint density at radius 2 is 2.11 bits per heavy atom. The monoisotopic (exact) mass is 397 g/mol. The van der Waals surface area contributed by atoms with Gasteiger partial charge in [-0.05, 0) is 52.4 Å². The van der Waals surface area contributed by atoms with Crippen molar-refractivity contribution in [1.29, 1.82) is 0 Å². The van der Waals surface area contributed by atoms with Crippen molar-refractivity contribution in [3.63, 3.8) is 0 Å². The van der Waals surface area contributed by atoms with Gasteiger partial charge in [0.2, 0.25) is 5.82 Å². The maximum atomic E-state index is 13.4. The van der Waals surface area contributed by atoms with Gasteiger partial charge in [-0.3, -0.25) is 9.69 Å². The van der Waals surface area contributed by atoms with Crippen LogP contribution < -0.4 is 5.32 Å². The number of thiophene rings is 1. The molecule has 5 rings (SSSR count). The first-order valence-electron chi connectivity index (χ1n) is 9.38. The number of hydrogen-bond acceptors (Lipinski definition) is 5. The van der Waals surface area contributed by atoms with Crippen molar-refractivity contribution in [2.24, 2.45) is 11.8 Å². The average molecular weight is 397 g/mol. The minimum Gasteiger partial charge on any atom is -0.319 e. The van der Waals surface area contributed by atoms with Gasteiger partial charge >= 0.3 is 0 Å². The van der Waals surface area contributed by atoms with E-state index in [4.69, 9.17) is 0 Å². The third kappa shape index (κ3) is 3.33. The second kappa shape index (κ2) is 7.10. The number of amides is 1. The molecule has 0 aliphatic carbocycles. The van der Waals surface area contributed by atoms with Crippen LogP contribution in [0.25, 0.3) is 0 Å². The number of benzene rings is 1. The first-order chi connectivity index (χ1) is 13.7. The fraction of sp³-hybridized carbons (Fsp3) is 0.350. The molecule has 0 spiro atoms. The maximum absolute atomic E-state index is 13.4. The Hall–Kier alpha value is -2.58. The number of nitrogens with zero attached hydrogens (tertiary/aromatic N) is 4. The smallest absolute Gasteiger partial charge is 0.293 e. The van der Waals surface area contributed by atoms with Gasteiger partial charge in [0.15, 0.2) is 0 Å². The molecule has 1 amide bonds. The first-order valence-corrected chi connectivity index (χ1v) is 10.3. The van der Waals surface area contributed by atoms with Crippen molar-refractivity contribution in [1.82, 2.24) is 19.7 Å². The number of hydrogen-bond donors (Lipinski definition) is 1. The zero-order chi connectivity index (χ0) is 19.1. The molecule has 2 aromatic heterocycles. The van der Waals surface area contributed by atoms with Crippen LogP contribution in [-0.2, 0) is 19.5 Å². The molecule has 1 fully saturated rings. The number of aromatic nitrogens is 3. The van der Waals surface area contributed by atoms with E-state index in [1.807, 2.05) is 4.57 Å². The lowest BCUT2D eigenvalue weighted by Crippen LogP contribution is -2.31. The Labute approximate surface area is 166 Å². The highest BCUT2D eigenvalue weighted by atomic mass is 32.1. The van der Waals surface area contributed by atoms with Crippen LogP contribution in [-0.4, -0.2) is 38.7 Å². The molecule has 0 unspecified atom stereocenters. The molecule has 1 saturated heterocycles. The molecule has 0 radical (unpaired) electrons. The second-order valence-corrected chi connectivity index (χ2v) is 8.34. The summed E-state index contributed by atoms with van der Waals surface area (Å²) in [5.74, 6) is 1.46. The third-order valence-electron chi connectivity index (χ3n) is 5.61. The highest BCUT2D eigenvalue weighted by molar-refractivity contribution is 7.07. The SMILES string of the molecule is O=C(Nc1cccc(F)c1)c1nnc2n1C[C@@H]1CN(Cc3ccsc3)C[C@H]1C2. The molecule has 1 N–H and O–H groups in total. The van der Waals surface area contributed by atoms with Crippen molar-refractivity contribution >= 4 is 22.9 Å². The lowest BCUT2D eigenvalue weighted by molar-refractivity contribution is 0.100. The van der Waals surface area contributed by atoms with E-state index in [2.05, 4.69) is 37.2 Å². The number of halogens is 1. The van der Waals surface area contributed by atoms with Crippen molar-refractivity contribution < 1.29 is 9.18 Å². The lowest BCUT2D eigenvalue weighted by atomic mass is 9.89. The lowest BCUT2D eigenvalue weighted by Gasteiger charge is -2.25. The standard InChI is InChI=1S/C20H20FN5OS/c21-16-2-1-3-17(7-16)22-20(27)19-24-23-18-6-14-9-25(8-13-4-5-28-12-13)10-15(14)11-26(18)19/h1-5,7,12,14-15H,6,8-11H2,(H,22,27)/t14-,15+/m1/s1. The van der Waals surface area contributed by atoms with E-state index in [9.17, 15) is 9.18 Å². The molecule has 1 aromatic carbocycles. The van der Waals surface area contributed by atoms with Crippen LogP contribution in [0.2, 0.25) is 0 Å². The summed E-state index contributed by atoms with van der Waals surface area (Å²) in [4.78, 5) is 15.2. The van der Waals surface area contributed by atoms with Gasteiger partial charge in [-0.15, -0.1) is 10.2 Å². The molecule has 0 bridgehead atoms. The summed E-state index contributed by atoms with van der Waals surface area (Å²) in [6.07, 6.45) is 0.838. The van der Waals surface area contributed by atoms with Gasteiger partial charge in [-0.2, -0.15) is 11.3 Å². The van der Waals surface area contributed by atoms with Gasteiger partial charge in [0.1, 0.15) is 11.6 Å². The zero-order valence-electron chi connectivity index (χ0n) is 15.2.